The molecule has 0 radical (unpaired) electrons. The predicted octanol–water partition coefficient (Wildman–Crippen LogP) is 2.61. The Morgan fingerprint density at radius 1 is 1.19 bits per heavy atom. The molecule has 1 aliphatic rings. The highest BCUT2D eigenvalue weighted by molar-refractivity contribution is 5.55. The molecule has 0 amide bonds. The molecule has 1 N–H and O–H groups in total. The monoisotopic (exact) mass is 285 g/mol. The molecule has 0 aliphatic carbocycles. The number of hydrogen-bond acceptors (Lipinski definition) is 6. The van der Waals surface area contributed by atoms with Gasteiger partial charge in [0.25, 0.3) is 0 Å². The van der Waals surface area contributed by atoms with Crippen LogP contribution in [-0.4, -0.2) is 34.9 Å². The summed E-state index contributed by atoms with van der Waals surface area (Å²) >= 11 is 0. The van der Waals surface area contributed by atoms with Gasteiger partial charge in [-0.1, -0.05) is 0 Å². The summed E-state index contributed by atoms with van der Waals surface area (Å²) in [5.74, 6) is 2.26. The van der Waals surface area contributed by atoms with Crippen molar-refractivity contribution >= 4 is 17.5 Å². The lowest BCUT2D eigenvalue weighted by molar-refractivity contribution is 0.340. The van der Waals surface area contributed by atoms with E-state index in [1.54, 1.807) is 6.20 Å². The number of anilines is 3. The number of nitrogens with one attached hydrogen (secondary N) is 1. The minimum Gasteiger partial charge on any atom is -0.494 e. The lowest BCUT2D eigenvalue weighted by Crippen LogP contribution is -2.19. The molecule has 2 heterocycles. The normalized spacial score (nSPS) is 14.2. The van der Waals surface area contributed by atoms with Gasteiger partial charge in [0.2, 0.25) is 5.95 Å². The third-order valence-corrected chi connectivity index (χ3v) is 3.40. The number of rotatable bonds is 5. The maximum Gasteiger partial charge on any atom is 0.249 e. The molecular weight excluding hydrogens is 266 g/mol. The summed E-state index contributed by atoms with van der Waals surface area (Å²) < 4.78 is 5.42. The molecule has 0 atom stereocenters. The van der Waals surface area contributed by atoms with Crippen molar-refractivity contribution in [2.75, 3.05) is 29.9 Å². The molecule has 6 heteroatoms. The number of hydrogen-bond donors (Lipinski definition) is 1. The molecule has 1 aromatic carbocycles. The van der Waals surface area contributed by atoms with Crippen LogP contribution in [0, 0.1) is 0 Å². The van der Waals surface area contributed by atoms with Gasteiger partial charge in [-0.05, 0) is 44.0 Å². The van der Waals surface area contributed by atoms with Gasteiger partial charge in [0, 0.05) is 18.8 Å². The van der Waals surface area contributed by atoms with Crippen molar-refractivity contribution in [1.29, 1.82) is 0 Å². The first-order valence-electron chi connectivity index (χ1n) is 7.30. The first-order valence-corrected chi connectivity index (χ1v) is 7.30. The summed E-state index contributed by atoms with van der Waals surface area (Å²) in [5.41, 5.74) is 0.916. The van der Waals surface area contributed by atoms with Gasteiger partial charge in [0.05, 0.1) is 12.8 Å². The van der Waals surface area contributed by atoms with Crippen LogP contribution in [0.15, 0.2) is 30.5 Å². The minimum absolute atomic E-state index is 0.517. The van der Waals surface area contributed by atoms with Crippen LogP contribution in [0.2, 0.25) is 0 Å². The third-order valence-electron chi connectivity index (χ3n) is 3.40. The van der Waals surface area contributed by atoms with E-state index < -0.39 is 0 Å². The highest BCUT2D eigenvalue weighted by Crippen LogP contribution is 2.20. The fourth-order valence-corrected chi connectivity index (χ4v) is 2.38. The second-order valence-electron chi connectivity index (χ2n) is 4.91. The Balaban J connectivity index is 1.70. The average molecular weight is 285 g/mol. The first kappa shape index (κ1) is 13.6. The van der Waals surface area contributed by atoms with Crippen molar-refractivity contribution < 1.29 is 4.74 Å². The van der Waals surface area contributed by atoms with E-state index in [0.717, 1.165) is 30.3 Å². The first-order chi connectivity index (χ1) is 10.3. The fraction of sp³-hybridized carbons (Fsp3) is 0.400. The van der Waals surface area contributed by atoms with Crippen LogP contribution >= 0.6 is 0 Å². The van der Waals surface area contributed by atoms with Crippen LogP contribution in [-0.2, 0) is 0 Å². The Kier molecular flexibility index (Phi) is 4.14. The number of aromatic nitrogens is 3. The summed E-state index contributed by atoms with van der Waals surface area (Å²) in [6.07, 6.45) is 4.14. The van der Waals surface area contributed by atoms with E-state index >= 15 is 0 Å². The molecule has 110 valence electrons. The third kappa shape index (κ3) is 3.39. The minimum atomic E-state index is 0.517. The number of benzene rings is 1. The molecule has 0 spiro atoms. The van der Waals surface area contributed by atoms with E-state index in [0.29, 0.717) is 12.6 Å². The Hall–Kier alpha value is -2.37. The van der Waals surface area contributed by atoms with E-state index in [1.807, 2.05) is 31.2 Å². The van der Waals surface area contributed by atoms with Gasteiger partial charge in [-0.25, -0.2) is 0 Å². The van der Waals surface area contributed by atoms with E-state index in [2.05, 4.69) is 25.4 Å². The Morgan fingerprint density at radius 3 is 2.67 bits per heavy atom. The van der Waals surface area contributed by atoms with Crippen LogP contribution in [0.4, 0.5) is 17.5 Å². The van der Waals surface area contributed by atoms with Crippen molar-refractivity contribution in [2.45, 2.75) is 19.8 Å². The maximum atomic E-state index is 5.42. The smallest absolute Gasteiger partial charge is 0.249 e. The standard InChI is InChI=1S/C15H19N5O/c1-2-21-13-7-5-12(6-8-13)17-15-18-14(11-16-19-15)20-9-3-4-10-20/h5-8,11H,2-4,9-10H2,1H3,(H,17,18,19). The van der Waals surface area contributed by atoms with E-state index in [1.165, 1.54) is 12.8 Å². The van der Waals surface area contributed by atoms with E-state index in [-0.39, 0.29) is 0 Å². The number of ether oxygens (including phenoxy) is 1. The van der Waals surface area contributed by atoms with Crippen molar-refractivity contribution in [2.24, 2.45) is 0 Å². The van der Waals surface area contributed by atoms with Gasteiger partial charge in [0.1, 0.15) is 5.75 Å². The summed E-state index contributed by atoms with van der Waals surface area (Å²) in [6.45, 7) is 4.72. The SMILES string of the molecule is CCOc1ccc(Nc2nncc(N3CCCC3)n2)cc1. The molecule has 1 fully saturated rings. The number of nitrogens with zero attached hydrogens (tertiary/aromatic N) is 4. The van der Waals surface area contributed by atoms with Crippen LogP contribution in [0.25, 0.3) is 0 Å². The molecule has 0 bridgehead atoms. The molecule has 1 aliphatic heterocycles. The molecular formula is C15H19N5O. The highest BCUT2D eigenvalue weighted by Gasteiger charge is 2.14. The molecule has 2 aromatic rings. The van der Waals surface area contributed by atoms with E-state index in [9.17, 15) is 0 Å². The Morgan fingerprint density at radius 2 is 1.95 bits per heavy atom. The van der Waals surface area contributed by atoms with Gasteiger partial charge in [-0.15, -0.1) is 5.10 Å². The zero-order chi connectivity index (χ0) is 14.5. The molecule has 3 rings (SSSR count). The molecule has 1 saturated heterocycles. The van der Waals surface area contributed by atoms with Gasteiger partial charge in [-0.2, -0.15) is 10.1 Å². The summed E-state index contributed by atoms with van der Waals surface area (Å²) in [5, 5.41) is 11.2. The second kappa shape index (κ2) is 6.39. The van der Waals surface area contributed by atoms with Crippen molar-refractivity contribution in [3.63, 3.8) is 0 Å². The van der Waals surface area contributed by atoms with Crippen molar-refractivity contribution in [1.82, 2.24) is 15.2 Å². The lowest BCUT2D eigenvalue weighted by Gasteiger charge is -2.16. The van der Waals surface area contributed by atoms with Crippen LogP contribution in [0.1, 0.15) is 19.8 Å². The van der Waals surface area contributed by atoms with Gasteiger partial charge < -0.3 is 15.0 Å². The van der Waals surface area contributed by atoms with Crippen molar-refractivity contribution in [3.8, 4) is 5.75 Å². The Bertz CT molecular complexity index is 581. The Labute approximate surface area is 124 Å². The van der Waals surface area contributed by atoms with Gasteiger partial charge in [0.15, 0.2) is 5.82 Å². The zero-order valence-corrected chi connectivity index (χ0v) is 12.1. The molecule has 0 unspecified atom stereocenters. The van der Waals surface area contributed by atoms with Gasteiger partial charge in [-0.3, -0.25) is 0 Å². The molecule has 1 aromatic heterocycles. The molecule has 21 heavy (non-hydrogen) atoms. The fourth-order valence-electron chi connectivity index (χ4n) is 2.38. The van der Waals surface area contributed by atoms with E-state index in [4.69, 9.17) is 4.74 Å². The molecule has 0 saturated carbocycles. The largest absolute Gasteiger partial charge is 0.494 e. The van der Waals surface area contributed by atoms with Crippen LogP contribution < -0.4 is 15.0 Å². The maximum absolute atomic E-state index is 5.42. The summed E-state index contributed by atoms with van der Waals surface area (Å²) in [6, 6.07) is 7.72. The predicted molar refractivity (Wildman–Crippen MR) is 82.2 cm³/mol. The summed E-state index contributed by atoms with van der Waals surface area (Å²) in [4.78, 5) is 6.75. The topological polar surface area (TPSA) is 63.2 Å². The second-order valence-corrected chi connectivity index (χ2v) is 4.91. The quantitative estimate of drug-likeness (QED) is 0.911. The van der Waals surface area contributed by atoms with Gasteiger partial charge >= 0.3 is 0 Å². The van der Waals surface area contributed by atoms with Crippen LogP contribution in [0.3, 0.4) is 0 Å². The lowest BCUT2D eigenvalue weighted by atomic mass is 10.3. The highest BCUT2D eigenvalue weighted by atomic mass is 16.5. The van der Waals surface area contributed by atoms with Crippen molar-refractivity contribution in [3.05, 3.63) is 30.5 Å². The molecule has 6 nitrogen and oxygen atoms in total. The average Bonchev–Trinajstić information content (AvgIpc) is 3.04. The zero-order valence-electron chi connectivity index (χ0n) is 12.1. The summed E-state index contributed by atoms with van der Waals surface area (Å²) in [7, 11) is 0. The van der Waals surface area contributed by atoms with Crippen LogP contribution in [0.5, 0.6) is 5.75 Å².